The molecule has 0 aliphatic rings. The number of benzene rings is 1. The number of nitrogens with two attached hydrogens (primary N) is 1. The molecule has 1 aromatic rings. The van der Waals surface area contributed by atoms with Crippen LogP contribution in [0.5, 0.6) is 11.5 Å². The van der Waals surface area contributed by atoms with Gasteiger partial charge in [0, 0.05) is 0 Å². The average Bonchev–Trinajstić information content (AvgIpc) is 2.38. The first kappa shape index (κ1) is 15.2. The molecule has 0 heterocycles. The third kappa shape index (κ3) is 4.10. The zero-order valence-corrected chi connectivity index (χ0v) is 11.8. The van der Waals surface area contributed by atoms with E-state index in [1.807, 2.05) is 6.92 Å². The van der Waals surface area contributed by atoms with E-state index in [4.69, 9.17) is 22.7 Å². The number of aromatic hydroxyl groups is 1. The third-order valence-electron chi connectivity index (χ3n) is 2.67. The lowest BCUT2D eigenvalue weighted by Crippen LogP contribution is -2.43. The van der Waals surface area contributed by atoms with Crippen LogP contribution in [0.2, 0.25) is 0 Å². The molecule has 4 N–H and O–H groups in total. The van der Waals surface area contributed by atoms with Crippen molar-refractivity contribution in [3.8, 4) is 11.5 Å². The molecule has 0 aliphatic carbocycles. The Morgan fingerprint density at radius 3 is 2.79 bits per heavy atom. The Morgan fingerprint density at radius 2 is 2.26 bits per heavy atom. The minimum absolute atomic E-state index is 0.114. The summed E-state index contributed by atoms with van der Waals surface area (Å²) in [6.07, 6.45) is 1.50. The monoisotopic (exact) mass is 282 g/mol. The van der Waals surface area contributed by atoms with Crippen LogP contribution in [0.3, 0.4) is 0 Å². The Morgan fingerprint density at radius 1 is 1.58 bits per heavy atom. The maximum Gasteiger partial charge on any atom is 0.255 e. The summed E-state index contributed by atoms with van der Waals surface area (Å²) in [6.45, 7) is 1.97. The first-order valence-electron chi connectivity index (χ1n) is 5.96. The summed E-state index contributed by atoms with van der Waals surface area (Å²) in [6, 6.07) is 4.07. The fraction of sp³-hybridized carbons (Fsp3) is 0.385. The molecule has 104 valence electrons. The molecule has 0 saturated carbocycles. The predicted molar refractivity (Wildman–Crippen MR) is 77.6 cm³/mol. The quantitative estimate of drug-likeness (QED) is 0.690. The van der Waals surface area contributed by atoms with Gasteiger partial charge >= 0.3 is 0 Å². The molecule has 1 unspecified atom stereocenters. The highest BCUT2D eigenvalue weighted by molar-refractivity contribution is 7.80. The normalized spacial score (nSPS) is 11.7. The summed E-state index contributed by atoms with van der Waals surface area (Å²) in [5.74, 6) is -0.0514. The molecule has 0 aliphatic heterocycles. The number of carbonyl (C=O) groups excluding carboxylic acids is 1. The van der Waals surface area contributed by atoms with Gasteiger partial charge in [-0.2, -0.15) is 0 Å². The number of nitrogens with one attached hydrogen (secondary N) is 1. The van der Waals surface area contributed by atoms with E-state index in [1.54, 1.807) is 6.07 Å². The van der Waals surface area contributed by atoms with Crippen LogP contribution in [0.15, 0.2) is 18.2 Å². The lowest BCUT2D eigenvalue weighted by atomic mass is 10.1. The van der Waals surface area contributed by atoms with Crippen LogP contribution >= 0.6 is 12.2 Å². The number of thiocarbonyl (C=S) groups is 1. The number of amides is 1. The fourth-order valence-electron chi connectivity index (χ4n) is 1.63. The average molecular weight is 282 g/mol. The Labute approximate surface area is 117 Å². The van der Waals surface area contributed by atoms with Gasteiger partial charge in [-0.05, 0) is 24.6 Å². The van der Waals surface area contributed by atoms with Crippen molar-refractivity contribution in [2.75, 3.05) is 7.11 Å². The minimum Gasteiger partial charge on any atom is -0.507 e. The molecule has 0 bridgehead atoms. The van der Waals surface area contributed by atoms with Gasteiger partial charge in [-0.25, -0.2) is 0 Å². The SMILES string of the molecule is CCCC(NC(=O)c1cc(OC)ccc1O)C(N)=S. The Hall–Kier alpha value is -1.82. The molecule has 0 aromatic heterocycles. The molecule has 0 spiro atoms. The van der Waals surface area contributed by atoms with Crippen molar-refractivity contribution in [1.82, 2.24) is 5.32 Å². The van der Waals surface area contributed by atoms with Gasteiger partial charge < -0.3 is 20.9 Å². The molecule has 0 fully saturated rings. The first-order chi connectivity index (χ1) is 8.99. The van der Waals surface area contributed by atoms with Crippen LogP contribution in [-0.4, -0.2) is 29.2 Å². The van der Waals surface area contributed by atoms with Crippen LogP contribution in [-0.2, 0) is 0 Å². The predicted octanol–water partition coefficient (Wildman–Crippen LogP) is 1.59. The number of phenolic OH excluding ortho intramolecular Hbond substituents is 1. The second-order valence-electron chi connectivity index (χ2n) is 4.10. The maximum absolute atomic E-state index is 12.1. The number of phenols is 1. The number of hydrogen-bond donors (Lipinski definition) is 3. The van der Waals surface area contributed by atoms with E-state index in [9.17, 15) is 9.90 Å². The van der Waals surface area contributed by atoms with Gasteiger partial charge in [0.15, 0.2) is 0 Å². The van der Waals surface area contributed by atoms with Crippen LogP contribution < -0.4 is 15.8 Å². The molecule has 19 heavy (non-hydrogen) atoms. The van der Waals surface area contributed by atoms with Crippen LogP contribution in [0.4, 0.5) is 0 Å². The van der Waals surface area contributed by atoms with Crippen LogP contribution in [0.1, 0.15) is 30.1 Å². The first-order valence-corrected chi connectivity index (χ1v) is 6.37. The summed E-state index contributed by atoms with van der Waals surface area (Å²) in [5.41, 5.74) is 5.71. The molecular weight excluding hydrogens is 264 g/mol. The standard InChI is InChI=1S/C13H18N2O3S/c1-3-4-10(12(14)19)15-13(17)9-7-8(18-2)5-6-11(9)16/h5-7,10,16H,3-4H2,1-2H3,(H2,14,19)(H,15,17). The minimum atomic E-state index is -0.428. The molecule has 1 atom stereocenters. The third-order valence-corrected chi connectivity index (χ3v) is 2.96. The van der Waals surface area contributed by atoms with Crippen molar-refractivity contribution in [2.45, 2.75) is 25.8 Å². The molecule has 0 radical (unpaired) electrons. The van der Waals surface area contributed by atoms with Crippen molar-refractivity contribution in [1.29, 1.82) is 0 Å². The molecule has 6 heteroatoms. The number of carbonyl (C=O) groups is 1. The van der Waals surface area contributed by atoms with Gasteiger partial charge in [0.05, 0.1) is 23.7 Å². The highest BCUT2D eigenvalue weighted by atomic mass is 32.1. The summed E-state index contributed by atoms with van der Waals surface area (Å²) < 4.78 is 5.02. The van der Waals surface area contributed by atoms with Crippen molar-refractivity contribution >= 4 is 23.1 Å². The Bertz CT molecular complexity index is 477. The lowest BCUT2D eigenvalue weighted by Gasteiger charge is -2.17. The van der Waals surface area contributed by atoms with Crippen molar-refractivity contribution in [2.24, 2.45) is 5.73 Å². The van der Waals surface area contributed by atoms with E-state index in [1.165, 1.54) is 19.2 Å². The summed E-state index contributed by atoms with van der Waals surface area (Å²) in [5, 5.41) is 12.4. The second kappa shape index (κ2) is 6.94. The smallest absolute Gasteiger partial charge is 0.255 e. The molecular formula is C13H18N2O3S. The molecule has 0 saturated heterocycles. The summed E-state index contributed by atoms with van der Waals surface area (Å²) in [4.78, 5) is 12.3. The Kier molecular flexibility index (Phi) is 5.57. The molecule has 1 rings (SSSR count). The van der Waals surface area contributed by atoms with E-state index in [0.29, 0.717) is 12.2 Å². The van der Waals surface area contributed by atoms with Crippen LogP contribution in [0.25, 0.3) is 0 Å². The number of hydrogen-bond acceptors (Lipinski definition) is 4. The van der Waals surface area contributed by atoms with Gasteiger partial charge in [-0.1, -0.05) is 25.6 Å². The van der Waals surface area contributed by atoms with Gasteiger partial charge in [0.1, 0.15) is 11.5 Å². The van der Waals surface area contributed by atoms with Crippen LogP contribution in [0, 0.1) is 0 Å². The van der Waals surface area contributed by atoms with E-state index < -0.39 is 5.91 Å². The van der Waals surface area contributed by atoms with E-state index >= 15 is 0 Å². The summed E-state index contributed by atoms with van der Waals surface area (Å²) in [7, 11) is 1.49. The van der Waals surface area contributed by atoms with Crippen molar-refractivity contribution in [3.63, 3.8) is 0 Å². The highest BCUT2D eigenvalue weighted by Gasteiger charge is 2.18. The molecule has 1 amide bonds. The second-order valence-corrected chi connectivity index (χ2v) is 4.57. The zero-order valence-electron chi connectivity index (χ0n) is 11.0. The maximum atomic E-state index is 12.1. The lowest BCUT2D eigenvalue weighted by molar-refractivity contribution is 0.0942. The Balaban J connectivity index is 2.90. The number of rotatable bonds is 6. The number of ether oxygens (including phenoxy) is 1. The molecule has 5 nitrogen and oxygen atoms in total. The zero-order chi connectivity index (χ0) is 14.4. The van der Waals surface area contributed by atoms with Gasteiger partial charge in [0.2, 0.25) is 0 Å². The van der Waals surface area contributed by atoms with E-state index in [0.717, 1.165) is 6.42 Å². The summed E-state index contributed by atoms with van der Waals surface area (Å²) >= 11 is 4.91. The van der Waals surface area contributed by atoms with Crippen molar-refractivity contribution < 1.29 is 14.6 Å². The van der Waals surface area contributed by atoms with Gasteiger partial charge in [0.25, 0.3) is 5.91 Å². The van der Waals surface area contributed by atoms with Gasteiger partial charge in [-0.3, -0.25) is 4.79 Å². The van der Waals surface area contributed by atoms with E-state index in [2.05, 4.69) is 5.32 Å². The fourth-order valence-corrected chi connectivity index (χ4v) is 1.81. The largest absolute Gasteiger partial charge is 0.507 e. The van der Waals surface area contributed by atoms with E-state index in [-0.39, 0.29) is 22.3 Å². The topological polar surface area (TPSA) is 84.6 Å². The van der Waals surface area contributed by atoms with Gasteiger partial charge in [-0.15, -0.1) is 0 Å². The number of methoxy groups -OCH3 is 1. The highest BCUT2D eigenvalue weighted by Crippen LogP contribution is 2.22. The molecule has 1 aromatic carbocycles. The van der Waals surface area contributed by atoms with Crippen molar-refractivity contribution in [3.05, 3.63) is 23.8 Å².